The van der Waals surface area contributed by atoms with E-state index in [0.29, 0.717) is 5.82 Å². The van der Waals surface area contributed by atoms with Gasteiger partial charge in [0.25, 0.3) is 0 Å². The Hall–Kier alpha value is -1.28. The predicted octanol–water partition coefficient (Wildman–Crippen LogP) is 0.614. The maximum absolute atomic E-state index is 12.0. The molecule has 1 saturated heterocycles. The van der Waals surface area contributed by atoms with Gasteiger partial charge in [-0.2, -0.15) is 5.10 Å². The van der Waals surface area contributed by atoms with Crippen molar-refractivity contribution < 1.29 is 8.42 Å². The second-order valence-corrected chi connectivity index (χ2v) is 7.32. The predicted molar refractivity (Wildman–Crippen MR) is 79.6 cm³/mol. The number of hydrogen-bond acceptors (Lipinski definition) is 6. The van der Waals surface area contributed by atoms with E-state index in [2.05, 4.69) is 15.7 Å². The quantitative estimate of drug-likeness (QED) is 0.736. The number of rotatable bonds is 5. The van der Waals surface area contributed by atoms with Crippen LogP contribution in [0.3, 0.4) is 0 Å². The molecule has 0 aliphatic carbocycles. The Balaban J connectivity index is 2.42. The van der Waals surface area contributed by atoms with Crippen molar-refractivity contribution in [3.8, 4) is 0 Å². The zero-order valence-corrected chi connectivity index (χ0v) is 13.0. The highest BCUT2D eigenvalue weighted by Gasteiger charge is 2.27. The number of sulfone groups is 1. The Morgan fingerprint density at radius 3 is 2.80 bits per heavy atom. The summed E-state index contributed by atoms with van der Waals surface area (Å²) in [5, 5.41) is 10.8. The number of aromatic nitrogens is 2. The van der Waals surface area contributed by atoms with E-state index < -0.39 is 9.84 Å². The van der Waals surface area contributed by atoms with Crippen LogP contribution in [-0.2, 0) is 9.84 Å². The first kappa shape index (κ1) is 15.1. The normalized spacial score (nSPS) is 21.1. The zero-order chi connectivity index (χ0) is 14.9. The molecule has 1 aromatic rings. The van der Waals surface area contributed by atoms with Crippen LogP contribution in [0.15, 0.2) is 4.90 Å². The topological polar surface area (TPSA) is 102 Å². The first-order valence-electron chi connectivity index (χ1n) is 6.89. The van der Waals surface area contributed by atoms with Gasteiger partial charge in [-0.1, -0.05) is 6.92 Å². The maximum Gasteiger partial charge on any atom is 0.182 e. The Bertz CT molecular complexity index is 575. The van der Waals surface area contributed by atoms with Gasteiger partial charge in [0, 0.05) is 18.8 Å². The summed E-state index contributed by atoms with van der Waals surface area (Å²) in [6, 6.07) is 0.253. The molecule has 0 saturated carbocycles. The van der Waals surface area contributed by atoms with Gasteiger partial charge in [-0.15, -0.1) is 0 Å². The van der Waals surface area contributed by atoms with Gasteiger partial charge in [0.2, 0.25) is 0 Å². The average molecular weight is 301 g/mol. The summed E-state index contributed by atoms with van der Waals surface area (Å²) in [7, 11) is -3.42. The van der Waals surface area contributed by atoms with E-state index in [0.717, 1.165) is 25.9 Å². The molecule has 0 radical (unpaired) electrons. The van der Waals surface area contributed by atoms with Gasteiger partial charge in [-0.3, -0.25) is 0 Å². The molecular weight excluding hydrogens is 278 g/mol. The molecule has 0 amide bonds. The van der Waals surface area contributed by atoms with E-state index in [1.165, 1.54) is 6.26 Å². The van der Waals surface area contributed by atoms with Crippen molar-refractivity contribution >= 4 is 21.5 Å². The molecule has 114 valence electrons. The molecule has 0 bridgehead atoms. The Morgan fingerprint density at radius 1 is 1.60 bits per heavy atom. The van der Waals surface area contributed by atoms with E-state index in [-0.39, 0.29) is 22.8 Å². The minimum Gasteiger partial charge on any atom is -0.383 e. The van der Waals surface area contributed by atoms with Gasteiger partial charge in [0.1, 0.15) is 5.82 Å². The summed E-state index contributed by atoms with van der Waals surface area (Å²) in [6.45, 7) is 5.71. The fourth-order valence-corrected chi connectivity index (χ4v) is 3.30. The number of anilines is 2. The zero-order valence-electron chi connectivity index (χ0n) is 12.2. The summed E-state index contributed by atoms with van der Waals surface area (Å²) < 4.78 is 25.6. The Labute approximate surface area is 119 Å². The lowest BCUT2D eigenvalue weighted by Gasteiger charge is -2.11. The van der Waals surface area contributed by atoms with Gasteiger partial charge in [-0.05, 0) is 26.3 Å². The number of nitrogen functional groups attached to an aromatic ring is 1. The van der Waals surface area contributed by atoms with E-state index in [4.69, 9.17) is 5.73 Å². The van der Waals surface area contributed by atoms with E-state index in [1.807, 2.05) is 13.8 Å². The molecule has 1 aliphatic rings. The van der Waals surface area contributed by atoms with Crippen molar-refractivity contribution in [2.75, 3.05) is 30.4 Å². The van der Waals surface area contributed by atoms with Crippen molar-refractivity contribution in [2.45, 2.75) is 43.7 Å². The minimum atomic E-state index is -3.42. The molecule has 20 heavy (non-hydrogen) atoms. The van der Waals surface area contributed by atoms with Crippen molar-refractivity contribution in [3.05, 3.63) is 0 Å². The molecule has 0 spiro atoms. The number of nitrogens with one attached hydrogen (secondary N) is 2. The SMILES string of the molecule is CCC(C)n1nc(NC2CCNC2)c(S(C)(=O)=O)c1N. The van der Waals surface area contributed by atoms with Crippen LogP contribution in [0.5, 0.6) is 0 Å². The summed E-state index contributed by atoms with van der Waals surface area (Å²) in [6.07, 6.45) is 2.94. The second kappa shape index (κ2) is 5.61. The van der Waals surface area contributed by atoms with Crippen LogP contribution in [0.4, 0.5) is 11.6 Å². The van der Waals surface area contributed by atoms with Crippen LogP contribution in [0.1, 0.15) is 32.7 Å². The molecule has 2 unspecified atom stereocenters. The highest BCUT2D eigenvalue weighted by molar-refractivity contribution is 7.91. The molecule has 1 fully saturated rings. The second-order valence-electron chi connectivity index (χ2n) is 5.37. The molecule has 0 aromatic carbocycles. The van der Waals surface area contributed by atoms with Gasteiger partial charge in [0.05, 0.1) is 6.04 Å². The Morgan fingerprint density at radius 2 is 2.30 bits per heavy atom. The van der Waals surface area contributed by atoms with Crippen molar-refractivity contribution in [1.82, 2.24) is 15.1 Å². The lowest BCUT2D eigenvalue weighted by Crippen LogP contribution is -2.23. The van der Waals surface area contributed by atoms with Gasteiger partial charge in [-0.25, -0.2) is 13.1 Å². The molecule has 2 rings (SSSR count). The molecule has 2 atom stereocenters. The molecule has 7 nitrogen and oxygen atoms in total. The van der Waals surface area contributed by atoms with Crippen LogP contribution in [0.2, 0.25) is 0 Å². The van der Waals surface area contributed by atoms with E-state index >= 15 is 0 Å². The third-order valence-electron chi connectivity index (χ3n) is 3.68. The van der Waals surface area contributed by atoms with Crippen LogP contribution in [-0.4, -0.2) is 43.6 Å². The van der Waals surface area contributed by atoms with E-state index in [1.54, 1.807) is 4.68 Å². The largest absolute Gasteiger partial charge is 0.383 e. The summed E-state index contributed by atoms with van der Waals surface area (Å²) in [5.41, 5.74) is 6.01. The number of hydrogen-bond donors (Lipinski definition) is 3. The van der Waals surface area contributed by atoms with Crippen molar-refractivity contribution in [3.63, 3.8) is 0 Å². The average Bonchev–Trinajstić information content (AvgIpc) is 2.96. The van der Waals surface area contributed by atoms with Crippen LogP contribution in [0, 0.1) is 0 Å². The lowest BCUT2D eigenvalue weighted by molar-refractivity contribution is 0.485. The lowest BCUT2D eigenvalue weighted by atomic mass is 10.2. The van der Waals surface area contributed by atoms with E-state index in [9.17, 15) is 8.42 Å². The summed E-state index contributed by atoms with van der Waals surface area (Å²) >= 11 is 0. The summed E-state index contributed by atoms with van der Waals surface area (Å²) in [5.74, 6) is 0.592. The standard InChI is InChI=1S/C12H23N5O2S/c1-4-8(2)17-11(13)10(20(3,18)19)12(16-17)15-9-5-6-14-7-9/h8-9,14H,4-7,13H2,1-3H3,(H,15,16). The molecule has 8 heteroatoms. The van der Waals surface area contributed by atoms with Crippen LogP contribution in [0.25, 0.3) is 0 Å². The van der Waals surface area contributed by atoms with Gasteiger partial charge in [0.15, 0.2) is 20.6 Å². The van der Waals surface area contributed by atoms with Crippen LogP contribution < -0.4 is 16.4 Å². The molecule has 2 heterocycles. The highest BCUT2D eigenvalue weighted by Crippen LogP contribution is 2.31. The maximum atomic E-state index is 12.0. The van der Waals surface area contributed by atoms with Gasteiger partial charge < -0.3 is 16.4 Å². The van der Waals surface area contributed by atoms with Crippen LogP contribution >= 0.6 is 0 Å². The molecular formula is C12H23N5O2S. The van der Waals surface area contributed by atoms with Crippen molar-refractivity contribution in [2.24, 2.45) is 0 Å². The molecule has 1 aromatic heterocycles. The third-order valence-corrected chi connectivity index (χ3v) is 4.83. The molecule has 1 aliphatic heterocycles. The smallest absolute Gasteiger partial charge is 0.182 e. The molecule has 4 N–H and O–H groups in total. The third kappa shape index (κ3) is 2.90. The fourth-order valence-electron chi connectivity index (χ4n) is 2.37. The number of nitrogens with zero attached hydrogens (tertiary/aromatic N) is 2. The van der Waals surface area contributed by atoms with Gasteiger partial charge >= 0.3 is 0 Å². The van der Waals surface area contributed by atoms with Crippen molar-refractivity contribution in [1.29, 1.82) is 0 Å². The first-order chi connectivity index (χ1) is 9.34. The minimum absolute atomic E-state index is 0.0627. The summed E-state index contributed by atoms with van der Waals surface area (Å²) in [4.78, 5) is 0.115. The Kier molecular flexibility index (Phi) is 4.24. The highest BCUT2D eigenvalue weighted by atomic mass is 32.2. The number of nitrogens with two attached hydrogens (primary N) is 1. The monoisotopic (exact) mass is 301 g/mol. The fraction of sp³-hybridized carbons (Fsp3) is 0.750. The first-order valence-corrected chi connectivity index (χ1v) is 8.79.